The topological polar surface area (TPSA) is 38.8 Å². The Bertz CT molecular complexity index is 581. The molecule has 0 atom stereocenters. The lowest BCUT2D eigenvalue weighted by Crippen LogP contribution is -2.45. The average Bonchev–Trinajstić information content (AvgIpc) is 3.02. The van der Waals surface area contributed by atoms with Gasteiger partial charge in [-0.3, -0.25) is 4.79 Å². The van der Waals surface area contributed by atoms with Crippen LogP contribution in [0, 0.1) is 0 Å². The van der Waals surface area contributed by atoms with Crippen molar-refractivity contribution in [2.24, 2.45) is 0 Å². The number of carbonyl (C=O) groups excluding carboxylic acids is 1. The maximum Gasteiger partial charge on any atom is 0.390 e. The Labute approximate surface area is 138 Å². The molecule has 3 rings (SSSR count). The summed E-state index contributed by atoms with van der Waals surface area (Å²) in [6, 6.07) is 6.67. The van der Waals surface area contributed by atoms with E-state index < -0.39 is 18.9 Å². The van der Waals surface area contributed by atoms with E-state index in [0.29, 0.717) is 24.3 Å². The molecule has 1 aromatic carbocycles. The fourth-order valence-electron chi connectivity index (χ4n) is 2.93. The van der Waals surface area contributed by atoms with E-state index in [4.69, 9.17) is 9.47 Å². The third-order valence-corrected chi connectivity index (χ3v) is 4.44. The number of hydrogen-bond acceptors (Lipinski definition) is 3. The minimum Gasteiger partial charge on any atom is -0.346 e. The molecule has 1 amide bonds. The van der Waals surface area contributed by atoms with Gasteiger partial charge < -0.3 is 14.4 Å². The van der Waals surface area contributed by atoms with Crippen molar-refractivity contribution in [3.05, 3.63) is 35.4 Å². The summed E-state index contributed by atoms with van der Waals surface area (Å²) in [4.78, 5) is 14.1. The highest BCUT2D eigenvalue weighted by Crippen LogP contribution is 2.30. The number of halogens is 3. The summed E-state index contributed by atoms with van der Waals surface area (Å²) in [6.45, 7) is 0.679. The summed E-state index contributed by atoms with van der Waals surface area (Å²) in [5, 5.41) is 0. The van der Waals surface area contributed by atoms with Gasteiger partial charge in [0.05, 0.1) is 19.6 Å². The second kappa shape index (κ2) is 7.11. The first kappa shape index (κ1) is 17.2. The molecular formula is C17H20F3NO3. The SMILES string of the molecule is O=C(c1cccc(C2OCCO2)c1)N(CCC(F)(F)F)C1CCC1. The highest BCUT2D eigenvalue weighted by atomic mass is 19.4. The van der Waals surface area contributed by atoms with Crippen LogP contribution in [0.2, 0.25) is 0 Å². The maximum absolute atomic E-state index is 12.7. The molecule has 0 spiro atoms. The van der Waals surface area contributed by atoms with Crippen LogP contribution in [0.3, 0.4) is 0 Å². The van der Waals surface area contributed by atoms with Crippen molar-refractivity contribution in [1.82, 2.24) is 4.90 Å². The highest BCUT2D eigenvalue weighted by molar-refractivity contribution is 5.94. The van der Waals surface area contributed by atoms with Gasteiger partial charge in [0.1, 0.15) is 0 Å². The zero-order chi connectivity index (χ0) is 17.2. The standard InChI is InChI=1S/C17H20F3NO3/c18-17(19,20)7-8-21(14-5-2-6-14)15(22)12-3-1-4-13(11-12)16-23-9-10-24-16/h1,3-4,11,14,16H,2,5-10H2. The molecule has 1 aliphatic heterocycles. The largest absolute Gasteiger partial charge is 0.390 e. The molecular weight excluding hydrogens is 323 g/mol. The number of rotatable bonds is 5. The van der Waals surface area contributed by atoms with Crippen LogP contribution in [-0.4, -0.2) is 42.8 Å². The quantitative estimate of drug-likeness (QED) is 0.819. The van der Waals surface area contributed by atoms with Crippen molar-refractivity contribution in [1.29, 1.82) is 0 Å². The van der Waals surface area contributed by atoms with Gasteiger partial charge in [-0.1, -0.05) is 12.1 Å². The van der Waals surface area contributed by atoms with Crippen LogP contribution in [0.15, 0.2) is 24.3 Å². The Morgan fingerprint density at radius 3 is 2.50 bits per heavy atom. The third-order valence-electron chi connectivity index (χ3n) is 4.44. The van der Waals surface area contributed by atoms with Crippen LogP contribution in [-0.2, 0) is 9.47 Å². The number of hydrogen-bond donors (Lipinski definition) is 0. The van der Waals surface area contributed by atoms with Gasteiger partial charge in [0.15, 0.2) is 6.29 Å². The predicted molar refractivity (Wildman–Crippen MR) is 80.4 cm³/mol. The Morgan fingerprint density at radius 1 is 1.21 bits per heavy atom. The van der Waals surface area contributed by atoms with Gasteiger partial charge in [0.2, 0.25) is 0 Å². The second-order valence-electron chi connectivity index (χ2n) is 6.15. The predicted octanol–water partition coefficient (Wildman–Crippen LogP) is 3.68. The van der Waals surface area contributed by atoms with Gasteiger partial charge in [-0.05, 0) is 31.4 Å². The van der Waals surface area contributed by atoms with E-state index in [1.807, 2.05) is 0 Å². The van der Waals surface area contributed by atoms with E-state index in [2.05, 4.69) is 0 Å². The first-order valence-corrected chi connectivity index (χ1v) is 8.15. The first-order chi connectivity index (χ1) is 11.4. The average molecular weight is 343 g/mol. The maximum atomic E-state index is 12.7. The van der Waals surface area contributed by atoms with E-state index in [9.17, 15) is 18.0 Å². The van der Waals surface area contributed by atoms with Gasteiger partial charge in [-0.25, -0.2) is 0 Å². The van der Waals surface area contributed by atoms with Crippen LogP contribution >= 0.6 is 0 Å². The number of ether oxygens (including phenoxy) is 2. The fourth-order valence-corrected chi connectivity index (χ4v) is 2.93. The molecule has 1 saturated carbocycles. The van der Waals surface area contributed by atoms with Crippen LogP contribution in [0.4, 0.5) is 13.2 Å². The number of benzene rings is 1. The summed E-state index contributed by atoms with van der Waals surface area (Å²) in [7, 11) is 0. The number of carbonyl (C=O) groups is 1. The molecule has 0 N–H and O–H groups in total. The van der Waals surface area contributed by atoms with Crippen molar-refractivity contribution in [2.45, 2.75) is 44.2 Å². The summed E-state index contributed by atoms with van der Waals surface area (Å²) >= 11 is 0. The molecule has 1 saturated heterocycles. The molecule has 0 radical (unpaired) electrons. The summed E-state index contributed by atoms with van der Waals surface area (Å²) in [5.74, 6) is -0.358. The van der Waals surface area contributed by atoms with Crippen LogP contribution in [0.1, 0.15) is 47.9 Å². The lowest BCUT2D eigenvalue weighted by molar-refractivity contribution is -0.138. The minimum atomic E-state index is -4.27. The fraction of sp³-hybridized carbons (Fsp3) is 0.588. The molecule has 1 aromatic rings. The van der Waals surface area contributed by atoms with Crippen molar-refractivity contribution in [3.63, 3.8) is 0 Å². The number of alkyl halides is 3. The molecule has 7 heteroatoms. The molecule has 0 bridgehead atoms. The monoisotopic (exact) mass is 343 g/mol. The Hall–Kier alpha value is -1.60. The smallest absolute Gasteiger partial charge is 0.346 e. The third kappa shape index (κ3) is 4.08. The minimum absolute atomic E-state index is 0.0949. The molecule has 2 aliphatic rings. The molecule has 4 nitrogen and oxygen atoms in total. The van der Waals surface area contributed by atoms with Crippen LogP contribution in [0.5, 0.6) is 0 Å². The summed E-state index contributed by atoms with van der Waals surface area (Å²) in [6.07, 6.45) is -3.29. The van der Waals surface area contributed by atoms with Gasteiger partial charge in [-0.2, -0.15) is 13.2 Å². The van der Waals surface area contributed by atoms with Crippen LogP contribution in [0.25, 0.3) is 0 Å². The Morgan fingerprint density at radius 2 is 1.92 bits per heavy atom. The molecule has 1 heterocycles. The second-order valence-corrected chi connectivity index (χ2v) is 6.15. The summed E-state index contributed by atoms with van der Waals surface area (Å²) in [5.41, 5.74) is 1.09. The molecule has 0 unspecified atom stereocenters. The number of amides is 1. The lowest BCUT2D eigenvalue weighted by Gasteiger charge is -2.38. The normalized spacial score (nSPS) is 19.3. The Kier molecular flexibility index (Phi) is 5.10. The zero-order valence-electron chi connectivity index (χ0n) is 13.2. The van der Waals surface area contributed by atoms with Gasteiger partial charge in [0.25, 0.3) is 5.91 Å². The van der Waals surface area contributed by atoms with Crippen molar-refractivity contribution in [3.8, 4) is 0 Å². The van der Waals surface area contributed by atoms with E-state index in [1.54, 1.807) is 24.3 Å². The van der Waals surface area contributed by atoms with E-state index in [-0.39, 0.29) is 18.5 Å². The van der Waals surface area contributed by atoms with E-state index in [0.717, 1.165) is 19.3 Å². The number of nitrogens with zero attached hydrogens (tertiary/aromatic N) is 1. The molecule has 2 fully saturated rings. The molecule has 1 aliphatic carbocycles. The summed E-state index contributed by atoms with van der Waals surface area (Å²) < 4.78 is 48.5. The lowest BCUT2D eigenvalue weighted by atomic mass is 9.90. The van der Waals surface area contributed by atoms with Gasteiger partial charge in [0, 0.05) is 23.7 Å². The van der Waals surface area contributed by atoms with Gasteiger partial charge >= 0.3 is 6.18 Å². The van der Waals surface area contributed by atoms with Gasteiger partial charge in [-0.15, -0.1) is 0 Å². The van der Waals surface area contributed by atoms with E-state index in [1.165, 1.54) is 4.90 Å². The van der Waals surface area contributed by atoms with Crippen LogP contribution < -0.4 is 0 Å². The highest BCUT2D eigenvalue weighted by Gasteiger charge is 2.34. The first-order valence-electron chi connectivity index (χ1n) is 8.15. The van der Waals surface area contributed by atoms with Crippen molar-refractivity contribution >= 4 is 5.91 Å². The zero-order valence-corrected chi connectivity index (χ0v) is 13.2. The van der Waals surface area contributed by atoms with E-state index >= 15 is 0 Å². The molecule has 0 aromatic heterocycles. The molecule has 132 valence electrons. The molecule has 24 heavy (non-hydrogen) atoms. The van der Waals surface area contributed by atoms with Crippen molar-refractivity contribution in [2.75, 3.05) is 19.8 Å². The Balaban J connectivity index is 1.75. The van der Waals surface area contributed by atoms with Crippen molar-refractivity contribution < 1.29 is 27.4 Å².